The Hall–Kier alpha value is -3.41. The number of nitrogens with zero attached hydrogens (tertiary/aromatic N) is 5. The van der Waals surface area contributed by atoms with Crippen LogP contribution in [0.25, 0.3) is 0 Å². The van der Waals surface area contributed by atoms with Crippen molar-refractivity contribution in [2.24, 2.45) is 0 Å². The Balaban J connectivity index is 1.32. The summed E-state index contributed by atoms with van der Waals surface area (Å²) in [4.78, 5) is 31.5. The van der Waals surface area contributed by atoms with Crippen LogP contribution in [0.5, 0.6) is 0 Å². The molecule has 8 nitrogen and oxygen atoms in total. The highest BCUT2D eigenvalue weighted by Gasteiger charge is 2.54. The third kappa shape index (κ3) is 5.80. The van der Waals surface area contributed by atoms with E-state index in [-0.39, 0.29) is 22.1 Å². The Morgan fingerprint density at radius 3 is 2.33 bits per heavy atom. The van der Waals surface area contributed by atoms with Crippen molar-refractivity contribution in [1.82, 2.24) is 9.80 Å². The number of urea groups is 1. The molecule has 0 saturated carbocycles. The van der Waals surface area contributed by atoms with E-state index in [1.807, 2.05) is 70.0 Å². The molecule has 39 heavy (non-hydrogen) atoms. The molecule has 208 valence electrons. The third-order valence-electron chi connectivity index (χ3n) is 8.85. The lowest BCUT2D eigenvalue weighted by Gasteiger charge is -2.52. The average molecular weight is 533 g/mol. The Bertz CT molecular complexity index is 1220. The van der Waals surface area contributed by atoms with Crippen molar-refractivity contribution in [1.29, 1.82) is 5.26 Å². The van der Waals surface area contributed by atoms with E-state index >= 15 is 0 Å². The van der Waals surface area contributed by atoms with E-state index in [1.165, 1.54) is 5.56 Å². The van der Waals surface area contributed by atoms with Crippen LogP contribution in [0, 0.1) is 11.3 Å². The molecule has 2 atom stereocenters. The third-order valence-corrected chi connectivity index (χ3v) is 8.85. The molecule has 0 aromatic heterocycles. The van der Waals surface area contributed by atoms with Crippen LogP contribution in [0.4, 0.5) is 15.3 Å². The lowest BCUT2D eigenvalue weighted by molar-refractivity contribution is -0.929. The highest BCUT2D eigenvalue weighted by Crippen LogP contribution is 2.33. The molecule has 0 bridgehead atoms. The predicted molar refractivity (Wildman–Crippen MR) is 153 cm³/mol. The molecule has 0 radical (unpaired) electrons. The van der Waals surface area contributed by atoms with Crippen molar-refractivity contribution in [3.8, 4) is 6.07 Å². The quantitative estimate of drug-likeness (QED) is 0.526. The summed E-state index contributed by atoms with van der Waals surface area (Å²) < 4.78 is 0.0822. The van der Waals surface area contributed by atoms with Crippen LogP contribution >= 0.6 is 0 Å². The summed E-state index contributed by atoms with van der Waals surface area (Å²) in [6, 6.07) is 18.1. The van der Waals surface area contributed by atoms with E-state index in [0.29, 0.717) is 31.1 Å². The van der Waals surface area contributed by atoms with Crippen molar-refractivity contribution in [3.63, 3.8) is 0 Å². The lowest BCUT2D eigenvalue weighted by Crippen LogP contribution is -2.73. The molecule has 1 unspecified atom stereocenters. The number of piperidine rings is 1. The first-order chi connectivity index (χ1) is 18.5. The average Bonchev–Trinajstić information content (AvgIpc) is 2.92. The Labute approximate surface area is 232 Å². The maximum absolute atomic E-state index is 13.2. The zero-order chi connectivity index (χ0) is 28.4. The van der Waals surface area contributed by atoms with Gasteiger partial charge < -0.3 is 10.0 Å². The first-order valence-corrected chi connectivity index (χ1v) is 13.9. The number of piperazine rings is 1. The van der Waals surface area contributed by atoms with Gasteiger partial charge in [0, 0.05) is 38.9 Å². The largest absolute Gasteiger partial charge is 0.514 e. The molecule has 2 fully saturated rings. The maximum Gasteiger partial charge on any atom is 0.514 e. The lowest BCUT2D eigenvalue weighted by atomic mass is 9.89. The van der Waals surface area contributed by atoms with Crippen LogP contribution < -0.4 is 4.90 Å². The molecule has 2 aromatic carbocycles. The molecule has 8 heteroatoms. The number of rotatable bonds is 4. The summed E-state index contributed by atoms with van der Waals surface area (Å²) >= 11 is 0. The van der Waals surface area contributed by atoms with Gasteiger partial charge >= 0.3 is 12.1 Å². The number of amides is 3. The van der Waals surface area contributed by atoms with E-state index in [4.69, 9.17) is 0 Å². The van der Waals surface area contributed by atoms with E-state index in [0.717, 1.165) is 43.7 Å². The van der Waals surface area contributed by atoms with Gasteiger partial charge in [-0.05, 0) is 81.8 Å². The minimum atomic E-state index is -0.746. The summed E-state index contributed by atoms with van der Waals surface area (Å²) in [6.45, 7) is 12.3. The van der Waals surface area contributed by atoms with Gasteiger partial charge in [0.2, 0.25) is 0 Å². The summed E-state index contributed by atoms with van der Waals surface area (Å²) in [5, 5.41) is 19.3. The van der Waals surface area contributed by atoms with Gasteiger partial charge in [-0.25, -0.2) is 9.28 Å². The van der Waals surface area contributed by atoms with E-state index in [9.17, 15) is 20.0 Å². The van der Waals surface area contributed by atoms with Crippen LogP contribution in [0.15, 0.2) is 48.5 Å². The summed E-state index contributed by atoms with van der Waals surface area (Å²) in [5.74, 6) is 0.368. The number of carbonyl (C=O) groups excluding carboxylic acids is 1. The molecule has 0 aliphatic carbocycles. The molecule has 2 saturated heterocycles. The van der Waals surface area contributed by atoms with Crippen molar-refractivity contribution in [2.45, 2.75) is 64.6 Å². The van der Waals surface area contributed by atoms with Crippen molar-refractivity contribution in [3.05, 3.63) is 65.2 Å². The summed E-state index contributed by atoms with van der Waals surface area (Å²) in [6.07, 6.45) is 1.03. The standard InChI is InChI=1S/C31H41N5O3/c1-23-21-34(17-18-36(23,30(38)39)31(2,3)4)22-24-9-11-28(12-10-24)33(5)29(37)35-15-13-26(14-16-35)27-8-6-7-25(19-27)20-32/h6-12,19,23,26H,13-18,21-22H2,1-5H3/p+1/t23-,36?/m0/s1. The number of carbonyl (C=O) groups is 2. The number of hydrogen-bond acceptors (Lipinski definition) is 4. The van der Waals surface area contributed by atoms with Crippen molar-refractivity contribution >= 4 is 17.8 Å². The number of quaternary nitrogens is 1. The van der Waals surface area contributed by atoms with E-state index in [2.05, 4.69) is 29.2 Å². The molecule has 3 amide bonds. The minimum absolute atomic E-state index is 0.00166. The van der Waals surface area contributed by atoms with Crippen LogP contribution in [0.3, 0.4) is 0 Å². The summed E-state index contributed by atoms with van der Waals surface area (Å²) in [7, 11) is 1.82. The zero-order valence-corrected chi connectivity index (χ0v) is 23.9. The van der Waals surface area contributed by atoms with Gasteiger partial charge in [0.1, 0.15) is 18.1 Å². The van der Waals surface area contributed by atoms with Crippen LogP contribution in [0.2, 0.25) is 0 Å². The smallest absolute Gasteiger partial charge is 0.435 e. The Morgan fingerprint density at radius 1 is 1.10 bits per heavy atom. The fourth-order valence-electron chi connectivity index (χ4n) is 6.51. The van der Waals surface area contributed by atoms with Gasteiger partial charge in [-0.2, -0.15) is 10.1 Å². The second kappa shape index (κ2) is 11.4. The minimum Gasteiger partial charge on any atom is -0.435 e. The second-order valence-electron chi connectivity index (χ2n) is 12.1. The topological polar surface area (TPSA) is 87.9 Å². The van der Waals surface area contributed by atoms with E-state index < -0.39 is 6.09 Å². The van der Waals surface area contributed by atoms with Gasteiger partial charge in [0.05, 0.1) is 18.2 Å². The fraction of sp³-hybridized carbons (Fsp3) is 0.516. The highest BCUT2D eigenvalue weighted by atomic mass is 16.4. The van der Waals surface area contributed by atoms with Crippen molar-refractivity contribution in [2.75, 3.05) is 44.7 Å². The van der Waals surface area contributed by atoms with Gasteiger partial charge in [-0.3, -0.25) is 9.80 Å². The fourth-order valence-corrected chi connectivity index (χ4v) is 6.51. The predicted octanol–water partition coefficient (Wildman–Crippen LogP) is 5.49. The zero-order valence-electron chi connectivity index (χ0n) is 23.9. The number of anilines is 1. The molecule has 2 aliphatic rings. The first kappa shape index (κ1) is 28.6. The van der Waals surface area contributed by atoms with E-state index in [1.54, 1.807) is 4.90 Å². The van der Waals surface area contributed by atoms with Gasteiger partial charge in [0.25, 0.3) is 0 Å². The second-order valence-corrected chi connectivity index (χ2v) is 12.1. The molecule has 2 aliphatic heterocycles. The van der Waals surface area contributed by atoms with Gasteiger partial charge in [-0.1, -0.05) is 24.3 Å². The monoisotopic (exact) mass is 532 g/mol. The molecule has 0 spiro atoms. The molecular weight excluding hydrogens is 490 g/mol. The van der Waals surface area contributed by atoms with Crippen LogP contribution in [-0.2, 0) is 6.54 Å². The number of hydrogen-bond donors (Lipinski definition) is 1. The molecular formula is C31H42N5O3+. The van der Waals surface area contributed by atoms with Crippen molar-refractivity contribution < 1.29 is 19.2 Å². The highest BCUT2D eigenvalue weighted by molar-refractivity contribution is 5.91. The maximum atomic E-state index is 13.2. The Kier molecular flexibility index (Phi) is 8.34. The number of benzene rings is 2. The number of carboxylic acid groups (broad SMARTS) is 1. The van der Waals surface area contributed by atoms with Gasteiger partial charge in [0.15, 0.2) is 0 Å². The number of likely N-dealkylation sites (tertiary alicyclic amines) is 1. The molecule has 2 heterocycles. The first-order valence-electron chi connectivity index (χ1n) is 13.9. The normalized spacial score (nSPS) is 22.8. The number of nitriles is 1. The molecule has 2 aromatic rings. The van der Waals surface area contributed by atoms with Crippen LogP contribution in [0.1, 0.15) is 63.1 Å². The SMILES string of the molecule is C[C@H]1CN(Cc2ccc(N(C)C(=O)N3CCC(c4cccc(C#N)c4)CC3)cc2)CC[N+]1(C(=O)O)C(C)(C)C. The molecule has 1 N–H and O–H groups in total. The van der Waals surface area contributed by atoms with Crippen LogP contribution in [-0.4, -0.2) is 82.9 Å². The Morgan fingerprint density at radius 2 is 1.77 bits per heavy atom. The van der Waals surface area contributed by atoms with Gasteiger partial charge in [-0.15, -0.1) is 0 Å². The summed E-state index contributed by atoms with van der Waals surface area (Å²) in [5.41, 5.74) is 3.50. The molecule has 4 rings (SSSR count).